The Hall–Kier alpha value is -2.43. The van der Waals surface area contributed by atoms with Crippen LogP contribution in [0.25, 0.3) is 11.1 Å². The second kappa shape index (κ2) is 10.7. The van der Waals surface area contributed by atoms with E-state index < -0.39 is 0 Å². The molecule has 2 aromatic rings. The fraction of sp³-hybridized carbons (Fsp3) is 0.607. The van der Waals surface area contributed by atoms with Crippen molar-refractivity contribution in [3.05, 3.63) is 41.5 Å². The molecule has 180 valence electrons. The topological polar surface area (TPSA) is 55.3 Å². The minimum atomic E-state index is -0.200. The molecule has 0 unspecified atom stereocenters. The van der Waals surface area contributed by atoms with Gasteiger partial charge in [0, 0.05) is 54.1 Å². The van der Waals surface area contributed by atoms with Crippen molar-refractivity contribution in [3.63, 3.8) is 0 Å². The van der Waals surface area contributed by atoms with Gasteiger partial charge in [-0.2, -0.15) is 0 Å². The second-order valence-electron chi connectivity index (χ2n) is 11.0. The molecule has 0 bridgehead atoms. The van der Waals surface area contributed by atoms with Crippen molar-refractivity contribution in [1.82, 2.24) is 9.97 Å². The van der Waals surface area contributed by atoms with E-state index in [2.05, 4.69) is 43.6 Å². The summed E-state index contributed by atoms with van der Waals surface area (Å²) in [5, 5.41) is 0. The lowest BCUT2D eigenvalue weighted by Gasteiger charge is -2.40. The maximum Gasteiger partial charge on any atom is 0.310 e. The van der Waals surface area contributed by atoms with Gasteiger partial charge in [0.15, 0.2) is 0 Å². The van der Waals surface area contributed by atoms with Gasteiger partial charge in [-0.1, -0.05) is 27.7 Å². The van der Waals surface area contributed by atoms with E-state index in [0.717, 1.165) is 66.8 Å². The largest absolute Gasteiger partial charge is 0.463 e. The first-order chi connectivity index (χ1) is 15.6. The smallest absolute Gasteiger partial charge is 0.310 e. The van der Waals surface area contributed by atoms with Crippen molar-refractivity contribution in [2.75, 3.05) is 18.0 Å². The monoisotopic (exact) mass is 451 g/mol. The third kappa shape index (κ3) is 6.78. The Labute approximate surface area is 200 Å². The summed E-state index contributed by atoms with van der Waals surface area (Å²) in [6.07, 6.45) is 10.4. The predicted octanol–water partition coefficient (Wildman–Crippen LogP) is 6.16. The van der Waals surface area contributed by atoms with E-state index in [4.69, 9.17) is 9.72 Å². The molecule has 0 aliphatic carbocycles. The molecule has 0 N–H and O–H groups in total. The summed E-state index contributed by atoms with van der Waals surface area (Å²) in [6, 6.07) is 2.25. The molecule has 33 heavy (non-hydrogen) atoms. The van der Waals surface area contributed by atoms with E-state index in [0.29, 0.717) is 11.3 Å². The van der Waals surface area contributed by atoms with Crippen molar-refractivity contribution < 1.29 is 9.53 Å². The highest BCUT2D eigenvalue weighted by molar-refractivity contribution is 5.85. The van der Waals surface area contributed by atoms with Crippen LogP contribution in [-0.4, -0.2) is 35.1 Å². The average Bonchev–Trinajstić information content (AvgIpc) is 2.73. The number of carbonyl (C=O) groups is 1. The normalized spacial score (nSPS) is 15.8. The number of aryl methyl sites for hydroxylation is 2. The van der Waals surface area contributed by atoms with Crippen molar-refractivity contribution >= 4 is 11.7 Å². The summed E-state index contributed by atoms with van der Waals surface area (Å²) in [5.74, 6) is 0.454. The van der Waals surface area contributed by atoms with Crippen LogP contribution < -0.4 is 4.90 Å². The summed E-state index contributed by atoms with van der Waals surface area (Å²) in [4.78, 5) is 24.4. The van der Waals surface area contributed by atoms with Crippen LogP contribution >= 0.6 is 0 Å². The lowest BCUT2D eigenvalue weighted by molar-refractivity contribution is -0.146. The van der Waals surface area contributed by atoms with Crippen LogP contribution in [0.3, 0.4) is 0 Å². The molecule has 0 radical (unpaired) electrons. The Morgan fingerprint density at radius 1 is 1.12 bits per heavy atom. The van der Waals surface area contributed by atoms with Crippen LogP contribution in [0.1, 0.15) is 77.6 Å². The number of pyridine rings is 2. The number of anilines is 1. The molecule has 0 aromatic carbocycles. The van der Waals surface area contributed by atoms with E-state index in [9.17, 15) is 4.79 Å². The summed E-state index contributed by atoms with van der Waals surface area (Å²) in [7, 11) is 0. The number of carbonyl (C=O) groups excluding carboxylic acids is 1. The fourth-order valence-corrected chi connectivity index (χ4v) is 4.43. The highest BCUT2D eigenvalue weighted by Gasteiger charge is 2.29. The zero-order valence-electron chi connectivity index (χ0n) is 21.6. The molecule has 0 atom stereocenters. The van der Waals surface area contributed by atoms with E-state index >= 15 is 0 Å². The number of hydrogen-bond donors (Lipinski definition) is 0. The number of esters is 1. The number of aromatic nitrogens is 2. The molecule has 3 rings (SSSR count). The van der Waals surface area contributed by atoms with Gasteiger partial charge in [-0.3, -0.25) is 14.8 Å². The minimum Gasteiger partial charge on any atom is -0.463 e. The Morgan fingerprint density at radius 2 is 1.82 bits per heavy atom. The van der Waals surface area contributed by atoms with Crippen molar-refractivity contribution in [1.29, 1.82) is 0 Å². The van der Waals surface area contributed by atoms with Gasteiger partial charge in [-0.05, 0) is 69.4 Å². The van der Waals surface area contributed by atoms with Gasteiger partial charge < -0.3 is 9.64 Å². The molecule has 0 spiro atoms. The van der Waals surface area contributed by atoms with Gasteiger partial charge in [0.1, 0.15) is 0 Å². The SMILES string of the molecule is Cc1ncc(-c2cncc(CCC(C)C)c2)c(N2CCC(C)(C)CC2)c1CC(=O)OC(C)C. The van der Waals surface area contributed by atoms with Crippen molar-refractivity contribution in [2.45, 2.75) is 86.7 Å². The van der Waals surface area contributed by atoms with Crippen LogP contribution in [0.4, 0.5) is 5.69 Å². The van der Waals surface area contributed by atoms with E-state index in [1.807, 2.05) is 39.4 Å². The lowest BCUT2D eigenvalue weighted by Crippen LogP contribution is -2.38. The average molecular weight is 452 g/mol. The maximum atomic E-state index is 12.7. The molecule has 5 nitrogen and oxygen atoms in total. The summed E-state index contributed by atoms with van der Waals surface area (Å²) < 4.78 is 5.51. The zero-order chi connectivity index (χ0) is 24.2. The molecule has 0 amide bonds. The fourth-order valence-electron chi connectivity index (χ4n) is 4.43. The highest BCUT2D eigenvalue weighted by Crippen LogP contribution is 2.40. The molecule has 1 saturated heterocycles. The maximum absolute atomic E-state index is 12.7. The molecule has 1 aliphatic rings. The van der Waals surface area contributed by atoms with Gasteiger partial charge in [-0.15, -0.1) is 0 Å². The molecule has 3 heterocycles. The highest BCUT2D eigenvalue weighted by atomic mass is 16.5. The van der Waals surface area contributed by atoms with E-state index in [1.54, 1.807) is 0 Å². The van der Waals surface area contributed by atoms with Gasteiger partial charge >= 0.3 is 5.97 Å². The van der Waals surface area contributed by atoms with Gasteiger partial charge in [0.05, 0.1) is 18.2 Å². The quantitative estimate of drug-likeness (QED) is 0.450. The molecule has 5 heteroatoms. The minimum absolute atomic E-state index is 0.130. The van der Waals surface area contributed by atoms with Gasteiger partial charge in [-0.25, -0.2) is 0 Å². The van der Waals surface area contributed by atoms with Crippen molar-refractivity contribution in [3.8, 4) is 11.1 Å². The number of rotatable bonds is 8. The molecule has 2 aromatic heterocycles. The van der Waals surface area contributed by atoms with Crippen LogP contribution in [-0.2, 0) is 22.4 Å². The Balaban J connectivity index is 2.05. The lowest BCUT2D eigenvalue weighted by atomic mass is 9.82. The first kappa shape index (κ1) is 25.2. The number of nitrogens with zero attached hydrogens (tertiary/aromatic N) is 3. The third-order valence-corrected chi connectivity index (χ3v) is 6.60. The van der Waals surface area contributed by atoms with Crippen LogP contribution in [0.2, 0.25) is 0 Å². The van der Waals surface area contributed by atoms with E-state index in [-0.39, 0.29) is 18.5 Å². The molecule has 1 aliphatic heterocycles. The predicted molar refractivity (Wildman–Crippen MR) is 136 cm³/mol. The summed E-state index contributed by atoms with van der Waals surface area (Å²) >= 11 is 0. The molecular formula is C28H41N3O2. The Morgan fingerprint density at radius 3 is 2.45 bits per heavy atom. The third-order valence-electron chi connectivity index (χ3n) is 6.60. The van der Waals surface area contributed by atoms with Crippen molar-refractivity contribution in [2.24, 2.45) is 11.3 Å². The first-order valence-electron chi connectivity index (χ1n) is 12.4. The van der Waals surface area contributed by atoms with E-state index in [1.165, 1.54) is 5.56 Å². The number of ether oxygens (including phenoxy) is 1. The second-order valence-corrected chi connectivity index (χ2v) is 11.0. The number of hydrogen-bond acceptors (Lipinski definition) is 5. The molecule has 1 fully saturated rings. The van der Waals surface area contributed by atoms with Crippen LogP contribution in [0.5, 0.6) is 0 Å². The molecular weight excluding hydrogens is 410 g/mol. The standard InChI is InChI=1S/C28H41N3O2/c1-19(2)8-9-22-14-23(17-29-16-22)25-18-30-21(5)24(15-26(32)33-20(3)4)27(25)31-12-10-28(6,7)11-13-31/h14,16-20H,8-13,15H2,1-7H3. The Bertz CT molecular complexity index is 956. The van der Waals surface area contributed by atoms with Gasteiger partial charge in [0.2, 0.25) is 0 Å². The first-order valence-corrected chi connectivity index (χ1v) is 12.4. The zero-order valence-corrected chi connectivity index (χ0v) is 21.6. The van der Waals surface area contributed by atoms with Gasteiger partial charge in [0.25, 0.3) is 0 Å². The Kier molecular flexibility index (Phi) is 8.14. The van der Waals surface area contributed by atoms with Crippen LogP contribution in [0.15, 0.2) is 24.7 Å². The van der Waals surface area contributed by atoms with Crippen LogP contribution in [0, 0.1) is 18.3 Å². The summed E-state index contributed by atoms with van der Waals surface area (Å²) in [6.45, 7) is 16.9. The number of piperidine rings is 1. The molecule has 0 saturated carbocycles. The summed E-state index contributed by atoms with van der Waals surface area (Å²) in [5.41, 5.74) is 6.71.